The second kappa shape index (κ2) is 5.34. The summed E-state index contributed by atoms with van der Waals surface area (Å²) in [5.74, 6) is -0.222. The standard InChI is InChI=1S/C11H18N4O/c1-7(2)10(11(12)16)15-9-4-8(13-3)5-14-6-9/h4-7,10,13,15H,1-3H3,(H2,12,16). The van der Waals surface area contributed by atoms with Gasteiger partial charge in [0.05, 0.1) is 23.8 Å². The van der Waals surface area contributed by atoms with Gasteiger partial charge in [0.25, 0.3) is 0 Å². The Bertz CT molecular complexity index is 365. The van der Waals surface area contributed by atoms with Crippen molar-refractivity contribution in [1.82, 2.24) is 4.98 Å². The van der Waals surface area contributed by atoms with Crippen molar-refractivity contribution in [2.75, 3.05) is 17.7 Å². The highest BCUT2D eigenvalue weighted by Crippen LogP contribution is 2.15. The largest absolute Gasteiger partial charge is 0.387 e. The molecule has 0 saturated carbocycles. The smallest absolute Gasteiger partial charge is 0.240 e. The van der Waals surface area contributed by atoms with Gasteiger partial charge >= 0.3 is 0 Å². The zero-order chi connectivity index (χ0) is 12.1. The average molecular weight is 222 g/mol. The molecule has 1 aromatic rings. The molecule has 1 amide bonds. The molecule has 0 aliphatic carbocycles. The van der Waals surface area contributed by atoms with E-state index in [-0.39, 0.29) is 17.9 Å². The minimum atomic E-state index is -0.381. The first-order valence-corrected chi connectivity index (χ1v) is 5.23. The predicted octanol–water partition coefficient (Wildman–Crippen LogP) is 1.05. The Morgan fingerprint density at radius 2 is 2.00 bits per heavy atom. The van der Waals surface area contributed by atoms with Crippen LogP contribution in [0, 0.1) is 5.92 Å². The van der Waals surface area contributed by atoms with Crippen LogP contribution in [-0.4, -0.2) is 24.0 Å². The van der Waals surface area contributed by atoms with E-state index in [0.717, 1.165) is 11.4 Å². The fraction of sp³-hybridized carbons (Fsp3) is 0.455. The van der Waals surface area contributed by atoms with Gasteiger partial charge in [0.2, 0.25) is 5.91 Å². The summed E-state index contributed by atoms with van der Waals surface area (Å²) in [6.07, 6.45) is 3.37. The van der Waals surface area contributed by atoms with Gasteiger partial charge in [0.1, 0.15) is 6.04 Å². The Kier molecular flexibility index (Phi) is 4.10. The van der Waals surface area contributed by atoms with Gasteiger partial charge in [0.15, 0.2) is 0 Å². The summed E-state index contributed by atoms with van der Waals surface area (Å²) >= 11 is 0. The molecule has 0 saturated heterocycles. The molecule has 5 nitrogen and oxygen atoms in total. The summed E-state index contributed by atoms with van der Waals surface area (Å²) in [6.45, 7) is 3.88. The molecule has 1 atom stereocenters. The van der Waals surface area contributed by atoms with Crippen molar-refractivity contribution in [1.29, 1.82) is 0 Å². The molecule has 1 unspecified atom stereocenters. The van der Waals surface area contributed by atoms with E-state index in [1.807, 2.05) is 27.0 Å². The Hall–Kier alpha value is -1.78. The molecule has 0 spiro atoms. The van der Waals surface area contributed by atoms with Crippen molar-refractivity contribution in [3.8, 4) is 0 Å². The maximum atomic E-state index is 11.2. The lowest BCUT2D eigenvalue weighted by Gasteiger charge is -2.20. The maximum Gasteiger partial charge on any atom is 0.240 e. The number of nitrogens with two attached hydrogens (primary N) is 1. The van der Waals surface area contributed by atoms with Crippen LogP contribution >= 0.6 is 0 Å². The quantitative estimate of drug-likeness (QED) is 0.695. The molecule has 16 heavy (non-hydrogen) atoms. The number of nitrogens with zero attached hydrogens (tertiary/aromatic N) is 1. The summed E-state index contributed by atoms with van der Waals surface area (Å²) in [7, 11) is 1.81. The number of hydrogen-bond donors (Lipinski definition) is 3. The highest BCUT2D eigenvalue weighted by molar-refractivity contribution is 5.83. The summed E-state index contributed by atoms with van der Waals surface area (Å²) in [4.78, 5) is 15.3. The second-order valence-corrected chi connectivity index (χ2v) is 3.98. The number of primary amides is 1. The first-order valence-electron chi connectivity index (χ1n) is 5.23. The summed E-state index contributed by atoms with van der Waals surface area (Å²) in [5, 5.41) is 6.06. The molecular formula is C11H18N4O. The molecule has 1 heterocycles. The molecule has 5 heteroatoms. The monoisotopic (exact) mass is 222 g/mol. The minimum Gasteiger partial charge on any atom is -0.387 e. The number of anilines is 2. The molecule has 0 radical (unpaired) electrons. The summed E-state index contributed by atoms with van der Waals surface area (Å²) in [6, 6.07) is 1.50. The number of hydrogen-bond acceptors (Lipinski definition) is 4. The van der Waals surface area contributed by atoms with E-state index in [1.165, 1.54) is 0 Å². The third kappa shape index (κ3) is 3.12. The normalized spacial score (nSPS) is 12.2. The lowest BCUT2D eigenvalue weighted by molar-refractivity contribution is -0.119. The van der Waals surface area contributed by atoms with Gasteiger partial charge in [-0.3, -0.25) is 9.78 Å². The molecule has 0 aliphatic rings. The summed E-state index contributed by atoms with van der Waals surface area (Å²) < 4.78 is 0. The Balaban J connectivity index is 2.81. The van der Waals surface area contributed by atoms with Crippen LogP contribution in [0.3, 0.4) is 0 Å². The SMILES string of the molecule is CNc1cncc(NC(C(N)=O)C(C)C)c1. The van der Waals surface area contributed by atoms with Crippen LogP contribution < -0.4 is 16.4 Å². The van der Waals surface area contributed by atoms with E-state index in [2.05, 4.69) is 15.6 Å². The fourth-order valence-corrected chi connectivity index (χ4v) is 1.40. The number of carbonyl (C=O) groups excluding carboxylic acids is 1. The van der Waals surface area contributed by atoms with Gasteiger partial charge in [-0.2, -0.15) is 0 Å². The first-order chi connectivity index (χ1) is 7.54. The summed E-state index contributed by atoms with van der Waals surface area (Å²) in [5.41, 5.74) is 6.99. The predicted molar refractivity (Wildman–Crippen MR) is 65.2 cm³/mol. The van der Waals surface area contributed by atoms with Crippen molar-refractivity contribution < 1.29 is 4.79 Å². The van der Waals surface area contributed by atoms with Gasteiger partial charge in [0, 0.05) is 7.05 Å². The number of rotatable bonds is 5. The van der Waals surface area contributed by atoms with Crippen molar-refractivity contribution in [3.63, 3.8) is 0 Å². The molecule has 4 N–H and O–H groups in total. The fourth-order valence-electron chi connectivity index (χ4n) is 1.40. The van der Waals surface area contributed by atoms with Crippen LogP contribution in [0.25, 0.3) is 0 Å². The third-order valence-electron chi connectivity index (χ3n) is 2.32. The van der Waals surface area contributed by atoms with E-state index >= 15 is 0 Å². The number of pyridine rings is 1. The molecule has 0 fully saturated rings. The lowest BCUT2D eigenvalue weighted by Crippen LogP contribution is -2.39. The van der Waals surface area contributed by atoms with E-state index in [1.54, 1.807) is 12.4 Å². The zero-order valence-electron chi connectivity index (χ0n) is 9.82. The van der Waals surface area contributed by atoms with Crippen molar-refractivity contribution in [2.45, 2.75) is 19.9 Å². The number of aromatic nitrogens is 1. The number of amides is 1. The number of nitrogens with one attached hydrogen (secondary N) is 2. The van der Waals surface area contributed by atoms with Crippen LogP contribution in [0.15, 0.2) is 18.5 Å². The van der Waals surface area contributed by atoms with Crippen molar-refractivity contribution >= 4 is 17.3 Å². The van der Waals surface area contributed by atoms with E-state index < -0.39 is 0 Å². The van der Waals surface area contributed by atoms with Gasteiger partial charge in [-0.25, -0.2) is 0 Å². The molecule has 0 aliphatic heterocycles. The van der Waals surface area contributed by atoms with E-state index in [9.17, 15) is 4.79 Å². The first kappa shape index (κ1) is 12.3. The molecule has 1 rings (SSSR count). The molecule has 1 aromatic heterocycles. The van der Waals surface area contributed by atoms with E-state index in [0.29, 0.717) is 0 Å². The van der Waals surface area contributed by atoms with Crippen LogP contribution in [0.4, 0.5) is 11.4 Å². The van der Waals surface area contributed by atoms with E-state index in [4.69, 9.17) is 5.73 Å². The molecular weight excluding hydrogens is 204 g/mol. The highest BCUT2D eigenvalue weighted by atomic mass is 16.1. The van der Waals surface area contributed by atoms with Crippen LogP contribution in [0.2, 0.25) is 0 Å². The molecule has 0 bridgehead atoms. The van der Waals surface area contributed by atoms with Crippen molar-refractivity contribution in [2.24, 2.45) is 11.7 Å². The highest BCUT2D eigenvalue weighted by Gasteiger charge is 2.19. The molecule has 0 aromatic carbocycles. The second-order valence-electron chi connectivity index (χ2n) is 3.98. The Morgan fingerprint density at radius 3 is 2.50 bits per heavy atom. The van der Waals surface area contributed by atoms with Gasteiger partial charge in [-0.1, -0.05) is 13.8 Å². The van der Waals surface area contributed by atoms with Gasteiger partial charge < -0.3 is 16.4 Å². The average Bonchev–Trinajstić information content (AvgIpc) is 2.25. The Morgan fingerprint density at radius 1 is 1.38 bits per heavy atom. The zero-order valence-corrected chi connectivity index (χ0v) is 9.82. The number of carbonyl (C=O) groups is 1. The lowest BCUT2D eigenvalue weighted by atomic mass is 10.0. The van der Waals surface area contributed by atoms with Crippen LogP contribution in [-0.2, 0) is 4.79 Å². The minimum absolute atomic E-state index is 0.135. The van der Waals surface area contributed by atoms with Crippen LogP contribution in [0.1, 0.15) is 13.8 Å². The Labute approximate surface area is 95.4 Å². The topological polar surface area (TPSA) is 80.0 Å². The van der Waals surface area contributed by atoms with Crippen LogP contribution in [0.5, 0.6) is 0 Å². The molecule has 88 valence electrons. The maximum absolute atomic E-state index is 11.2. The van der Waals surface area contributed by atoms with Gasteiger partial charge in [-0.15, -0.1) is 0 Å². The van der Waals surface area contributed by atoms with Gasteiger partial charge in [-0.05, 0) is 12.0 Å². The third-order valence-corrected chi connectivity index (χ3v) is 2.32. The van der Waals surface area contributed by atoms with Crippen molar-refractivity contribution in [3.05, 3.63) is 18.5 Å².